The fourth-order valence-corrected chi connectivity index (χ4v) is 5.03. The smallest absolute Gasteiger partial charge is 0.262 e. The highest BCUT2D eigenvalue weighted by atomic mass is 35.5. The van der Waals surface area contributed by atoms with E-state index in [-0.39, 0.29) is 18.4 Å². The molecule has 4 aromatic rings. The lowest BCUT2D eigenvalue weighted by Crippen LogP contribution is -2.47. The monoisotopic (exact) mass is 495 g/mol. The van der Waals surface area contributed by atoms with Crippen molar-refractivity contribution in [1.82, 2.24) is 15.6 Å². The van der Waals surface area contributed by atoms with E-state index in [1.165, 1.54) is 22.7 Å². The zero-order valence-electron chi connectivity index (χ0n) is 17.9. The van der Waals surface area contributed by atoms with Crippen molar-refractivity contribution in [3.63, 3.8) is 0 Å². The summed E-state index contributed by atoms with van der Waals surface area (Å²) in [5.41, 5.74) is 2.84. The Kier molecular flexibility index (Phi) is 7.54. The van der Waals surface area contributed by atoms with Gasteiger partial charge in [-0.05, 0) is 36.1 Å². The minimum atomic E-state index is -0.696. The Morgan fingerprint density at radius 3 is 2.48 bits per heavy atom. The number of thiophene rings is 1. The van der Waals surface area contributed by atoms with Crippen LogP contribution in [-0.2, 0) is 17.8 Å². The van der Waals surface area contributed by atoms with Crippen LogP contribution in [0.2, 0.25) is 5.02 Å². The summed E-state index contributed by atoms with van der Waals surface area (Å²) in [6.45, 7) is 2.30. The lowest BCUT2D eigenvalue weighted by Gasteiger charge is -2.18. The minimum absolute atomic E-state index is 0.246. The quantitative estimate of drug-likeness (QED) is 0.339. The number of hydrogen-bond donors (Lipinski definition) is 2. The molecule has 168 valence electrons. The van der Waals surface area contributed by atoms with Gasteiger partial charge in [0, 0.05) is 21.9 Å². The number of aryl methyl sites for hydroxylation is 1. The molecule has 0 bridgehead atoms. The molecule has 2 N–H and O–H groups in total. The molecule has 1 unspecified atom stereocenters. The van der Waals surface area contributed by atoms with E-state index in [9.17, 15) is 9.59 Å². The third kappa shape index (κ3) is 6.07. The molecule has 0 fully saturated rings. The van der Waals surface area contributed by atoms with Gasteiger partial charge in [0.1, 0.15) is 11.0 Å². The lowest BCUT2D eigenvalue weighted by molar-refractivity contribution is -0.123. The average molecular weight is 496 g/mol. The van der Waals surface area contributed by atoms with Crippen LogP contribution >= 0.6 is 34.3 Å². The molecule has 2 aromatic carbocycles. The molecular formula is C25H22ClN3O2S2. The summed E-state index contributed by atoms with van der Waals surface area (Å²) in [4.78, 5) is 32.0. The number of carbonyl (C=O) groups excluding carboxylic acids is 2. The van der Waals surface area contributed by atoms with Crippen LogP contribution in [-0.4, -0.2) is 22.8 Å². The van der Waals surface area contributed by atoms with Crippen molar-refractivity contribution in [2.45, 2.75) is 25.9 Å². The van der Waals surface area contributed by atoms with Gasteiger partial charge in [-0.15, -0.1) is 22.7 Å². The summed E-state index contributed by atoms with van der Waals surface area (Å²) in [6, 6.07) is 20.0. The van der Waals surface area contributed by atoms with Crippen molar-refractivity contribution >= 4 is 46.1 Å². The van der Waals surface area contributed by atoms with Crippen LogP contribution in [0.15, 0.2) is 72.1 Å². The van der Waals surface area contributed by atoms with E-state index in [1.807, 2.05) is 73.0 Å². The van der Waals surface area contributed by atoms with Crippen molar-refractivity contribution in [3.05, 3.63) is 97.5 Å². The largest absolute Gasteiger partial charge is 0.348 e. The normalized spacial score (nSPS) is 11.7. The minimum Gasteiger partial charge on any atom is -0.348 e. The molecule has 0 saturated carbocycles. The molecule has 0 aliphatic heterocycles. The predicted molar refractivity (Wildman–Crippen MR) is 135 cm³/mol. The standard InChI is InChI=1S/C25H22ClN3O2S2/c1-16-23(18-9-11-19(26)12-10-18)29-22(33-16)15-27-24(30)20(14-17-6-3-2-4-7-17)28-25(31)21-8-5-13-32-21/h2-13,20H,14-15H2,1H3,(H,27,30)(H,28,31). The molecule has 2 heterocycles. The molecule has 8 heteroatoms. The van der Waals surface area contributed by atoms with Gasteiger partial charge in [0.2, 0.25) is 5.91 Å². The Bertz CT molecular complexity index is 1220. The summed E-state index contributed by atoms with van der Waals surface area (Å²) in [7, 11) is 0. The molecule has 0 saturated heterocycles. The highest BCUT2D eigenvalue weighted by molar-refractivity contribution is 7.12. The first kappa shape index (κ1) is 23.2. The van der Waals surface area contributed by atoms with Crippen LogP contribution in [0.3, 0.4) is 0 Å². The van der Waals surface area contributed by atoms with Crippen molar-refractivity contribution in [2.24, 2.45) is 0 Å². The summed E-state index contributed by atoms with van der Waals surface area (Å²) >= 11 is 8.87. The fraction of sp³-hybridized carbons (Fsp3) is 0.160. The van der Waals surface area contributed by atoms with Gasteiger partial charge in [0.05, 0.1) is 17.1 Å². The van der Waals surface area contributed by atoms with Gasteiger partial charge in [0.25, 0.3) is 5.91 Å². The first-order valence-electron chi connectivity index (χ1n) is 10.4. The van der Waals surface area contributed by atoms with Gasteiger partial charge in [-0.1, -0.05) is 60.1 Å². The Morgan fingerprint density at radius 2 is 1.79 bits per heavy atom. The van der Waals surface area contributed by atoms with Crippen molar-refractivity contribution in [3.8, 4) is 11.3 Å². The molecular weight excluding hydrogens is 474 g/mol. The predicted octanol–water partition coefficient (Wildman–Crippen LogP) is 5.49. The zero-order chi connectivity index (χ0) is 23.2. The maximum absolute atomic E-state index is 13.1. The molecule has 0 aliphatic rings. The maximum atomic E-state index is 13.1. The summed E-state index contributed by atoms with van der Waals surface area (Å²) in [6.07, 6.45) is 0.400. The SMILES string of the molecule is Cc1sc(CNC(=O)C(Cc2ccccc2)NC(=O)c2cccs2)nc1-c1ccc(Cl)cc1. The number of nitrogens with one attached hydrogen (secondary N) is 2. The van der Waals surface area contributed by atoms with E-state index >= 15 is 0 Å². The van der Waals surface area contributed by atoms with E-state index in [0.717, 1.165) is 26.7 Å². The highest BCUT2D eigenvalue weighted by Crippen LogP contribution is 2.28. The summed E-state index contributed by atoms with van der Waals surface area (Å²) < 4.78 is 0. The number of carbonyl (C=O) groups is 2. The average Bonchev–Trinajstić information content (AvgIpc) is 3.48. The van der Waals surface area contributed by atoms with Crippen LogP contribution < -0.4 is 10.6 Å². The van der Waals surface area contributed by atoms with Gasteiger partial charge in [0.15, 0.2) is 0 Å². The Balaban J connectivity index is 1.45. The van der Waals surface area contributed by atoms with Gasteiger partial charge in [-0.25, -0.2) is 4.98 Å². The summed E-state index contributed by atoms with van der Waals surface area (Å²) in [5, 5.41) is 9.14. The zero-order valence-corrected chi connectivity index (χ0v) is 20.3. The number of hydrogen-bond acceptors (Lipinski definition) is 5. The number of aromatic nitrogens is 1. The van der Waals surface area contributed by atoms with Crippen molar-refractivity contribution < 1.29 is 9.59 Å². The van der Waals surface area contributed by atoms with Gasteiger partial charge < -0.3 is 10.6 Å². The van der Waals surface area contributed by atoms with Crippen LogP contribution in [0.5, 0.6) is 0 Å². The number of benzene rings is 2. The number of nitrogens with zero attached hydrogens (tertiary/aromatic N) is 1. The number of amides is 2. The van der Waals surface area contributed by atoms with E-state index in [2.05, 4.69) is 10.6 Å². The van der Waals surface area contributed by atoms with E-state index in [0.29, 0.717) is 16.3 Å². The lowest BCUT2D eigenvalue weighted by atomic mass is 10.1. The third-order valence-corrected chi connectivity index (χ3v) is 7.11. The molecule has 4 rings (SSSR count). The second-order valence-corrected chi connectivity index (χ2v) is 10.1. The summed E-state index contributed by atoms with van der Waals surface area (Å²) in [5.74, 6) is -0.499. The topological polar surface area (TPSA) is 71.1 Å². The molecule has 2 amide bonds. The molecule has 33 heavy (non-hydrogen) atoms. The molecule has 5 nitrogen and oxygen atoms in total. The molecule has 1 atom stereocenters. The first-order chi connectivity index (χ1) is 16.0. The van der Waals surface area contributed by atoms with Crippen LogP contribution in [0, 0.1) is 6.92 Å². The number of rotatable bonds is 8. The third-order valence-electron chi connectivity index (χ3n) is 5.02. The molecule has 0 spiro atoms. The fourth-order valence-electron chi connectivity index (χ4n) is 3.38. The highest BCUT2D eigenvalue weighted by Gasteiger charge is 2.23. The van der Waals surface area contributed by atoms with Crippen LogP contribution in [0.4, 0.5) is 0 Å². The Morgan fingerprint density at radius 1 is 1.03 bits per heavy atom. The van der Waals surface area contributed by atoms with Gasteiger partial charge >= 0.3 is 0 Å². The number of thiazole rings is 1. The van der Waals surface area contributed by atoms with Crippen molar-refractivity contribution in [1.29, 1.82) is 0 Å². The number of halogens is 1. The molecule has 0 aliphatic carbocycles. The van der Waals surface area contributed by atoms with Gasteiger partial charge in [-0.3, -0.25) is 9.59 Å². The molecule has 2 aromatic heterocycles. The van der Waals surface area contributed by atoms with Crippen LogP contribution in [0.25, 0.3) is 11.3 Å². The Labute approximate surface area is 205 Å². The van der Waals surface area contributed by atoms with E-state index in [4.69, 9.17) is 16.6 Å². The van der Waals surface area contributed by atoms with Gasteiger partial charge in [-0.2, -0.15) is 0 Å². The Hall–Kier alpha value is -3.00. The molecule has 0 radical (unpaired) electrons. The van der Waals surface area contributed by atoms with E-state index in [1.54, 1.807) is 6.07 Å². The van der Waals surface area contributed by atoms with Crippen molar-refractivity contribution in [2.75, 3.05) is 0 Å². The maximum Gasteiger partial charge on any atom is 0.262 e. The van der Waals surface area contributed by atoms with Crippen LogP contribution in [0.1, 0.15) is 25.1 Å². The first-order valence-corrected chi connectivity index (χ1v) is 12.5. The van der Waals surface area contributed by atoms with E-state index < -0.39 is 6.04 Å². The second-order valence-electron chi connectivity index (χ2n) is 7.43. The second kappa shape index (κ2) is 10.7.